The molecule has 5 nitrogen and oxygen atoms in total. The minimum Gasteiger partial charge on any atom is -0.473 e. The van der Waals surface area contributed by atoms with Gasteiger partial charge in [-0.05, 0) is 33.5 Å². The van der Waals surface area contributed by atoms with Crippen LogP contribution in [0.15, 0.2) is 0 Å². The SMILES string of the molecule is CN(C)CCC1CCSS1.O=C(O)C(=O)O. The van der Waals surface area contributed by atoms with E-state index >= 15 is 0 Å². The van der Waals surface area contributed by atoms with E-state index in [4.69, 9.17) is 19.8 Å². The first-order valence-corrected chi connectivity index (χ1v) is 7.21. The molecule has 0 aromatic rings. The van der Waals surface area contributed by atoms with Crippen molar-refractivity contribution < 1.29 is 19.8 Å². The molecule has 1 saturated heterocycles. The van der Waals surface area contributed by atoms with Crippen LogP contribution in [-0.4, -0.2) is 58.7 Å². The Morgan fingerprint density at radius 1 is 1.31 bits per heavy atom. The maximum Gasteiger partial charge on any atom is 0.414 e. The van der Waals surface area contributed by atoms with Crippen molar-refractivity contribution in [3.63, 3.8) is 0 Å². The van der Waals surface area contributed by atoms with Crippen LogP contribution >= 0.6 is 21.6 Å². The van der Waals surface area contributed by atoms with Crippen LogP contribution in [0.5, 0.6) is 0 Å². The normalized spacial score (nSPS) is 19.1. The highest BCUT2D eigenvalue weighted by atomic mass is 33.1. The minimum atomic E-state index is -1.82. The number of carboxylic acids is 2. The molecule has 1 aliphatic rings. The van der Waals surface area contributed by atoms with Crippen molar-refractivity contribution in [1.82, 2.24) is 4.90 Å². The summed E-state index contributed by atoms with van der Waals surface area (Å²) in [7, 11) is 8.40. The van der Waals surface area contributed by atoms with Gasteiger partial charge < -0.3 is 15.1 Å². The van der Waals surface area contributed by atoms with Crippen LogP contribution in [0.3, 0.4) is 0 Å². The number of rotatable bonds is 3. The van der Waals surface area contributed by atoms with E-state index in [1.807, 2.05) is 10.8 Å². The molecule has 0 aromatic carbocycles. The van der Waals surface area contributed by atoms with Gasteiger partial charge in [0.15, 0.2) is 0 Å². The number of carboxylic acid groups (broad SMARTS) is 2. The zero-order chi connectivity index (χ0) is 12.6. The summed E-state index contributed by atoms with van der Waals surface area (Å²) in [5.74, 6) is -2.28. The molecule has 0 bridgehead atoms. The summed E-state index contributed by atoms with van der Waals surface area (Å²) in [6, 6.07) is 0. The van der Waals surface area contributed by atoms with E-state index in [0.717, 1.165) is 5.25 Å². The fraction of sp³-hybridized carbons (Fsp3) is 0.778. The van der Waals surface area contributed by atoms with Crippen LogP contribution in [0.25, 0.3) is 0 Å². The molecule has 7 heteroatoms. The number of carbonyl (C=O) groups is 2. The van der Waals surface area contributed by atoms with Crippen LogP contribution in [0.2, 0.25) is 0 Å². The Labute approximate surface area is 103 Å². The third-order valence-electron chi connectivity index (χ3n) is 1.81. The van der Waals surface area contributed by atoms with Gasteiger partial charge in [-0.15, -0.1) is 0 Å². The third-order valence-corrected chi connectivity index (χ3v) is 4.82. The number of aliphatic carboxylic acids is 2. The van der Waals surface area contributed by atoms with Crippen molar-refractivity contribution in [1.29, 1.82) is 0 Å². The molecule has 0 aliphatic carbocycles. The highest BCUT2D eigenvalue weighted by molar-refractivity contribution is 8.77. The third kappa shape index (κ3) is 8.87. The highest BCUT2D eigenvalue weighted by Gasteiger charge is 2.15. The van der Waals surface area contributed by atoms with Gasteiger partial charge in [0.2, 0.25) is 0 Å². The Balaban J connectivity index is 0.000000325. The summed E-state index contributed by atoms with van der Waals surface area (Å²) < 4.78 is 0. The van der Waals surface area contributed by atoms with Gasteiger partial charge in [0.25, 0.3) is 0 Å². The van der Waals surface area contributed by atoms with Gasteiger partial charge in [0.1, 0.15) is 0 Å². The maximum atomic E-state index is 9.10. The van der Waals surface area contributed by atoms with E-state index < -0.39 is 11.9 Å². The lowest BCUT2D eigenvalue weighted by Gasteiger charge is -2.11. The van der Waals surface area contributed by atoms with Crippen LogP contribution in [0.1, 0.15) is 12.8 Å². The zero-order valence-electron chi connectivity index (χ0n) is 9.38. The second-order valence-corrected chi connectivity index (χ2v) is 6.32. The molecule has 0 saturated carbocycles. The van der Waals surface area contributed by atoms with Crippen LogP contribution < -0.4 is 0 Å². The summed E-state index contributed by atoms with van der Waals surface area (Å²) in [4.78, 5) is 20.5. The van der Waals surface area contributed by atoms with Crippen molar-refractivity contribution in [2.24, 2.45) is 0 Å². The average molecular weight is 267 g/mol. The van der Waals surface area contributed by atoms with Crippen molar-refractivity contribution in [2.45, 2.75) is 18.1 Å². The second-order valence-electron chi connectivity index (χ2n) is 3.53. The predicted molar refractivity (Wildman–Crippen MR) is 66.9 cm³/mol. The van der Waals surface area contributed by atoms with E-state index in [-0.39, 0.29) is 0 Å². The molecular formula is C9H17NO4S2. The van der Waals surface area contributed by atoms with Crippen LogP contribution in [0.4, 0.5) is 0 Å². The smallest absolute Gasteiger partial charge is 0.414 e. The van der Waals surface area contributed by atoms with E-state index in [1.165, 1.54) is 25.1 Å². The van der Waals surface area contributed by atoms with Gasteiger partial charge in [-0.2, -0.15) is 0 Å². The second kappa shape index (κ2) is 8.72. The summed E-state index contributed by atoms with van der Waals surface area (Å²) in [6.45, 7) is 1.25. The van der Waals surface area contributed by atoms with E-state index in [9.17, 15) is 0 Å². The lowest BCUT2D eigenvalue weighted by Crippen LogP contribution is -2.16. The Morgan fingerprint density at radius 2 is 1.88 bits per heavy atom. The maximum absolute atomic E-state index is 9.10. The van der Waals surface area contributed by atoms with Crippen molar-refractivity contribution >= 4 is 33.5 Å². The largest absolute Gasteiger partial charge is 0.473 e. The zero-order valence-corrected chi connectivity index (χ0v) is 11.0. The number of hydrogen-bond donors (Lipinski definition) is 2. The summed E-state index contributed by atoms with van der Waals surface area (Å²) in [5.41, 5.74) is 0. The minimum absolute atomic E-state index is 0.937. The number of nitrogens with zero attached hydrogens (tertiary/aromatic N) is 1. The van der Waals surface area contributed by atoms with Gasteiger partial charge in [0.05, 0.1) is 0 Å². The first-order valence-electron chi connectivity index (χ1n) is 4.82. The van der Waals surface area contributed by atoms with Gasteiger partial charge in [-0.25, -0.2) is 9.59 Å². The Bertz CT molecular complexity index is 218. The first kappa shape index (κ1) is 15.6. The van der Waals surface area contributed by atoms with Crippen molar-refractivity contribution in [3.8, 4) is 0 Å². The fourth-order valence-electron chi connectivity index (χ4n) is 0.967. The van der Waals surface area contributed by atoms with Gasteiger partial charge in [-0.1, -0.05) is 21.6 Å². The Hall–Kier alpha value is -0.400. The standard InChI is InChI=1S/C7H15NS2.C2H2O4/c1-8(2)5-3-7-4-6-9-10-7;3-1(4)2(5)6/h7H,3-6H2,1-2H3;(H,3,4)(H,5,6). The molecule has 0 radical (unpaired) electrons. The summed E-state index contributed by atoms with van der Waals surface area (Å²) in [6.07, 6.45) is 2.79. The molecular weight excluding hydrogens is 250 g/mol. The molecule has 1 rings (SSSR count). The average Bonchev–Trinajstić information content (AvgIpc) is 2.67. The molecule has 1 fully saturated rings. The van der Waals surface area contributed by atoms with E-state index in [2.05, 4.69) is 29.8 Å². The lowest BCUT2D eigenvalue weighted by atomic mass is 10.2. The molecule has 1 heterocycles. The molecule has 2 N–H and O–H groups in total. The van der Waals surface area contributed by atoms with E-state index in [0.29, 0.717) is 0 Å². The topological polar surface area (TPSA) is 77.8 Å². The molecule has 94 valence electrons. The highest BCUT2D eigenvalue weighted by Crippen LogP contribution is 2.38. The van der Waals surface area contributed by atoms with E-state index in [1.54, 1.807) is 0 Å². The molecule has 0 spiro atoms. The van der Waals surface area contributed by atoms with Crippen LogP contribution in [-0.2, 0) is 9.59 Å². The fourth-order valence-corrected chi connectivity index (χ4v) is 3.93. The van der Waals surface area contributed by atoms with Crippen LogP contribution in [0, 0.1) is 0 Å². The molecule has 1 atom stereocenters. The first-order chi connectivity index (χ1) is 7.43. The summed E-state index contributed by atoms with van der Waals surface area (Å²) >= 11 is 0. The Kier molecular flexibility index (Phi) is 8.50. The van der Waals surface area contributed by atoms with Gasteiger partial charge in [-0.3, -0.25) is 0 Å². The lowest BCUT2D eigenvalue weighted by molar-refractivity contribution is -0.159. The van der Waals surface area contributed by atoms with Crippen molar-refractivity contribution in [3.05, 3.63) is 0 Å². The van der Waals surface area contributed by atoms with Crippen molar-refractivity contribution in [2.75, 3.05) is 26.4 Å². The molecule has 0 aromatic heterocycles. The molecule has 1 aliphatic heterocycles. The Morgan fingerprint density at radius 3 is 2.19 bits per heavy atom. The summed E-state index contributed by atoms with van der Waals surface area (Å²) in [5, 5.41) is 15.7. The monoisotopic (exact) mass is 267 g/mol. The predicted octanol–water partition coefficient (Wildman–Crippen LogP) is 1.25. The van der Waals surface area contributed by atoms with Gasteiger partial charge in [0, 0.05) is 11.0 Å². The molecule has 16 heavy (non-hydrogen) atoms. The van der Waals surface area contributed by atoms with Gasteiger partial charge >= 0.3 is 11.9 Å². The number of hydrogen-bond acceptors (Lipinski definition) is 5. The molecule has 0 amide bonds. The quantitative estimate of drug-likeness (QED) is 0.588. The molecule has 1 unspecified atom stereocenters.